The van der Waals surface area contributed by atoms with Crippen LogP contribution in [-0.4, -0.2) is 50.1 Å². The molecule has 0 radical (unpaired) electrons. The van der Waals surface area contributed by atoms with Crippen LogP contribution in [0.5, 0.6) is 5.75 Å². The normalized spacial score (nSPS) is 11.8. The first-order chi connectivity index (χ1) is 14.3. The number of para-hydroxylation sites is 1. The number of H-pyrrole nitrogens is 1. The molecule has 2 N–H and O–H groups in total. The van der Waals surface area contributed by atoms with Crippen LogP contribution in [-0.2, 0) is 11.2 Å². The fourth-order valence-electron chi connectivity index (χ4n) is 4.04. The molecule has 0 spiro atoms. The zero-order valence-corrected chi connectivity index (χ0v) is 18.7. The summed E-state index contributed by atoms with van der Waals surface area (Å²) in [5.74, 6) is 0.920. The molecule has 3 aromatic rings. The Morgan fingerprint density at radius 3 is 2.47 bits per heavy atom. The van der Waals surface area contributed by atoms with Gasteiger partial charge < -0.3 is 19.9 Å². The Morgan fingerprint density at radius 2 is 1.80 bits per heavy atom. The van der Waals surface area contributed by atoms with Crippen LogP contribution in [0.15, 0.2) is 48.5 Å². The van der Waals surface area contributed by atoms with Gasteiger partial charge in [-0.3, -0.25) is 4.79 Å². The number of carbonyl (C=O) groups excluding carboxylic acids is 1. The van der Waals surface area contributed by atoms with E-state index in [4.69, 9.17) is 4.74 Å². The van der Waals surface area contributed by atoms with Crippen molar-refractivity contribution in [2.45, 2.75) is 26.7 Å². The van der Waals surface area contributed by atoms with E-state index in [1.54, 1.807) is 7.11 Å². The third kappa shape index (κ3) is 5.42. The molecule has 0 atom stereocenters. The maximum atomic E-state index is 12.6. The Bertz CT molecular complexity index is 987. The second kappa shape index (κ2) is 9.35. The van der Waals surface area contributed by atoms with Crippen molar-refractivity contribution in [1.29, 1.82) is 0 Å². The van der Waals surface area contributed by atoms with Gasteiger partial charge in [0.15, 0.2) is 0 Å². The van der Waals surface area contributed by atoms with Crippen molar-refractivity contribution in [1.82, 2.24) is 15.2 Å². The van der Waals surface area contributed by atoms with E-state index in [-0.39, 0.29) is 11.3 Å². The monoisotopic (exact) mass is 407 g/mol. The SMILES string of the molecule is COc1ccc(-c2[nH]c3ccccc3c2CCC(=O)NCC(C)(C)CN(C)C)cc1. The van der Waals surface area contributed by atoms with Crippen LogP contribution in [0.2, 0.25) is 0 Å². The van der Waals surface area contributed by atoms with E-state index in [1.807, 2.05) is 24.3 Å². The van der Waals surface area contributed by atoms with E-state index in [0.29, 0.717) is 19.4 Å². The van der Waals surface area contributed by atoms with Gasteiger partial charge in [0.2, 0.25) is 5.91 Å². The first-order valence-corrected chi connectivity index (χ1v) is 10.4. The predicted octanol–water partition coefficient (Wildman–Crippen LogP) is 4.48. The zero-order chi connectivity index (χ0) is 21.7. The Balaban J connectivity index is 1.75. The first-order valence-electron chi connectivity index (χ1n) is 10.4. The number of nitrogens with one attached hydrogen (secondary N) is 2. The van der Waals surface area contributed by atoms with E-state index in [0.717, 1.165) is 29.1 Å². The Kier molecular flexibility index (Phi) is 6.83. The van der Waals surface area contributed by atoms with Gasteiger partial charge in [-0.25, -0.2) is 0 Å². The van der Waals surface area contributed by atoms with Crippen LogP contribution in [0.4, 0.5) is 0 Å². The number of aromatic amines is 1. The molecule has 1 aromatic heterocycles. The van der Waals surface area contributed by atoms with Crippen molar-refractivity contribution in [3.05, 3.63) is 54.1 Å². The molecule has 0 aliphatic rings. The third-order valence-electron chi connectivity index (χ3n) is 5.30. The minimum Gasteiger partial charge on any atom is -0.497 e. The maximum absolute atomic E-state index is 12.6. The minimum atomic E-state index is 0.0359. The summed E-state index contributed by atoms with van der Waals surface area (Å²) in [6.45, 7) is 5.95. The Morgan fingerprint density at radius 1 is 1.10 bits per heavy atom. The van der Waals surface area contributed by atoms with Crippen molar-refractivity contribution >= 4 is 16.8 Å². The second-order valence-corrected chi connectivity index (χ2v) is 8.93. The summed E-state index contributed by atoms with van der Waals surface area (Å²) in [6, 6.07) is 16.3. The lowest BCUT2D eigenvalue weighted by molar-refractivity contribution is -0.121. The molecule has 5 heteroatoms. The average Bonchev–Trinajstić information content (AvgIpc) is 3.08. The molecular weight excluding hydrogens is 374 g/mol. The zero-order valence-electron chi connectivity index (χ0n) is 18.7. The molecule has 0 aliphatic carbocycles. The highest BCUT2D eigenvalue weighted by atomic mass is 16.5. The fourth-order valence-corrected chi connectivity index (χ4v) is 4.04. The molecular formula is C25H33N3O2. The molecule has 0 aliphatic heterocycles. The molecule has 0 unspecified atom stereocenters. The highest BCUT2D eigenvalue weighted by molar-refractivity contribution is 5.91. The van der Waals surface area contributed by atoms with Crippen LogP contribution in [0.25, 0.3) is 22.2 Å². The molecule has 3 rings (SSSR count). The highest BCUT2D eigenvalue weighted by Gasteiger charge is 2.20. The van der Waals surface area contributed by atoms with Crippen molar-refractivity contribution < 1.29 is 9.53 Å². The molecule has 0 saturated heterocycles. The summed E-state index contributed by atoms with van der Waals surface area (Å²) in [5, 5.41) is 4.29. The summed E-state index contributed by atoms with van der Waals surface area (Å²) in [6.07, 6.45) is 1.15. The number of aryl methyl sites for hydroxylation is 1. The second-order valence-electron chi connectivity index (χ2n) is 8.93. The fraction of sp³-hybridized carbons (Fsp3) is 0.400. The quantitative estimate of drug-likeness (QED) is 0.550. The highest BCUT2D eigenvalue weighted by Crippen LogP contribution is 2.32. The Hall–Kier alpha value is -2.79. The van der Waals surface area contributed by atoms with E-state index < -0.39 is 0 Å². The van der Waals surface area contributed by atoms with Crippen molar-refractivity contribution in [3.63, 3.8) is 0 Å². The van der Waals surface area contributed by atoms with Crippen LogP contribution in [0, 0.1) is 5.41 Å². The van der Waals surface area contributed by atoms with Gasteiger partial charge in [-0.15, -0.1) is 0 Å². The van der Waals surface area contributed by atoms with Gasteiger partial charge in [-0.2, -0.15) is 0 Å². The third-order valence-corrected chi connectivity index (χ3v) is 5.30. The number of carbonyl (C=O) groups is 1. The molecule has 30 heavy (non-hydrogen) atoms. The van der Waals surface area contributed by atoms with Gasteiger partial charge >= 0.3 is 0 Å². The summed E-state index contributed by atoms with van der Waals surface area (Å²) >= 11 is 0. The number of benzene rings is 2. The summed E-state index contributed by atoms with van der Waals surface area (Å²) < 4.78 is 5.29. The predicted molar refractivity (Wildman–Crippen MR) is 124 cm³/mol. The summed E-state index contributed by atoms with van der Waals surface area (Å²) in [7, 11) is 5.78. The molecule has 1 heterocycles. The number of hydrogen-bond donors (Lipinski definition) is 2. The molecule has 0 bridgehead atoms. The average molecular weight is 408 g/mol. The van der Waals surface area contributed by atoms with Gasteiger partial charge in [-0.1, -0.05) is 32.0 Å². The molecule has 0 fully saturated rings. The molecule has 160 valence electrons. The van der Waals surface area contributed by atoms with Gasteiger partial charge in [-0.05, 0) is 67.4 Å². The molecule has 0 saturated carbocycles. The van der Waals surface area contributed by atoms with Gasteiger partial charge in [0.05, 0.1) is 7.11 Å². The number of aromatic nitrogens is 1. The number of rotatable bonds is 9. The molecule has 1 amide bonds. The largest absolute Gasteiger partial charge is 0.497 e. The van der Waals surface area contributed by atoms with Crippen LogP contribution in [0.1, 0.15) is 25.8 Å². The van der Waals surface area contributed by atoms with Gasteiger partial charge in [0.25, 0.3) is 0 Å². The topological polar surface area (TPSA) is 57.4 Å². The van der Waals surface area contributed by atoms with E-state index >= 15 is 0 Å². The van der Waals surface area contributed by atoms with E-state index in [9.17, 15) is 4.79 Å². The lowest BCUT2D eigenvalue weighted by Gasteiger charge is -2.28. The number of hydrogen-bond acceptors (Lipinski definition) is 3. The summed E-state index contributed by atoms with van der Waals surface area (Å²) in [5.41, 5.74) is 4.47. The Labute approximate surface area is 179 Å². The molecule has 2 aromatic carbocycles. The molecule has 5 nitrogen and oxygen atoms in total. The number of amides is 1. The lowest BCUT2D eigenvalue weighted by atomic mass is 9.93. The van der Waals surface area contributed by atoms with Gasteiger partial charge in [0, 0.05) is 36.1 Å². The van der Waals surface area contributed by atoms with E-state index in [1.165, 1.54) is 10.9 Å². The first kappa shape index (κ1) is 21.9. The summed E-state index contributed by atoms with van der Waals surface area (Å²) in [4.78, 5) is 18.3. The number of fused-ring (bicyclic) bond motifs is 1. The van der Waals surface area contributed by atoms with Crippen LogP contribution < -0.4 is 10.1 Å². The maximum Gasteiger partial charge on any atom is 0.220 e. The van der Waals surface area contributed by atoms with Crippen molar-refractivity contribution in [2.24, 2.45) is 5.41 Å². The van der Waals surface area contributed by atoms with Crippen LogP contribution in [0.3, 0.4) is 0 Å². The van der Waals surface area contributed by atoms with Crippen molar-refractivity contribution in [2.75, 3.05) is 34.3 Å². The number of methoxy groups -OCH3 is 1. The number of ether oxygens (including phenoxy) is 1. The smallest absolute Gasteiger partial charge is 0.220 e. The standard InChI is InChI=1S/C25H33N3O2/c1-25(2,17-28(3)4)16-26-23(29)15-14-21-20-8-6-7-9-22(20)27-24(21)18-10-12-19(30-5)13-11-18/h6-13,27H,14-17H2,1-5H3,(H,26,29). The lowest BCUT2D eigenvalue weighted by Crippen LogP contribution is -2.40. The van der Waals surface area contributed by atoms with Gasteiger partial charge in [0.1, 0.15) is 5.75 Å². The minimum absolute atomic E-state index is 0.0359. The number of nitrogens with zero attached hydrogens (tertiary/aromatic N) is 1. The van der Waals surface area contributed by atoms with Crippen LogP contribution >= 0.6 is 0 Å². The van der Waals surface area contributed by atoms with Crippen molar-refractivity contribution in [3.8, 4) is 17.0 Å². The van der Waals surface area contributed by atoms with E-state index in [2.05, 4.69) is 67.4 Å².